The van der Waals surface area contributed by atoms with E-state index in [0.29, 0.717) is 33.9 Å². The van der Waals surface area contributed by atoms with Crippen molar-refractivity contribution in [3.63, 3.8) is 0 Å². The maximum absolute atomic E-state index is 13.1. The van der Waals surface area contributed by atoms with Gasteiger partial charge < -0.3 is 10.4 Å². The average Bonchev–Trinajstić information content (AvgIpc) is 3.21. The minimum atomic E-state index is -4.76. The molecule has 3 aromatic rings. The molecule has 0 spiro atoms. The molecular weight excluding hydrogens is 541 g/mol. The number of nitrogens with one attached hydrogen (secondary N) is 2. The summed E-state index contributed by atoms with van der Waals surface area (Å²) in [5, 5.41) is 12.9. The molecule has 2 heterocycles. The molecule has 2 aromatic heterocycles. The number of aliphatic hydroxyl groups is 1. The van der Waals surface area contributed by atoms with E-state index in [1.54, 1.807) is 36.8 Å². The van der Waals surface area contributed by atoms with Gasteiger partial charge in [0.25, 0.3) is 15.9 Å². The summed E-state index contributed by atoms with van der Waals surface area (Å²) in [5.74, 6) is -0.0323. The minimum absolute atomic E-state index is 0.0269. The van der Waals surface area contributed by atoms with Crippen LogP contribution in [0.15, 0.2) is 35.5 Å². The number of hydrogen-bond donors (Lipinski definition) is 3. The Labute approximate surface area is 222 Å². The number of nitrogens with zero attached hydrogens (tertiary/aromatic N) is 2. The Kier molecular flexibility index (Phi) is 7.86. The molecule has 1 aliphatic carbocycles. The van der Waals surface area contributed by atoms with E-state index in [4.69, 9.17) is 0 Å². The van der Waals surface area contributed by atoms with Gasteiger partial charge in [0.1, 0.15) is 6.04 Å². The van der Waals surface area contributed by atoms with Gasteiger partial charge in [0.15, 0.2) is 10.0 Å². The highest BCUT2D eigenvalue weighted by atomic mass is 32.2. The van der Waals surface area contributed by atoms with Gasteiger partial charge in [-0.2, -0.15) is 17.9 Å². The molecule has 0 saturated heterocycles. The number of pyridine rings is 1. The van der Waals surface area contributed by atoms with Crippen LogP contribution in [-0.2, 0) is 16.4 Å². The third-order valence-corrected chi connectivity index (χ3v) is 8.99. The summed E-state index contributed by atoms with van der Waals surface area (Å²) >= 11 is 1.13. The normalized spacial score (nSPS) is 15.9. The van der Waals surface area contributed by atoms with E-state index < -0.39 is 38.8 Å². The van der Waals surface area contributed by atoms with Crippen LogP contribution in [0, 0.1) is 5.92 Å². The molecule has 13 heteroatoms. The van der Waals surface area contributed by atoms with Gasteiger partial charge in [-0.25, -0.2) is 18.4 Å². The lowest BCUT2D eigenvalue weighted by Gasteiger charge is -2.24. The third kappa shape index (κ3) is 6.33. The highest BCUT2D eigenvalue weighted by molar-refractivity contribution is 7.89. The molecule has 38 heavy (non-hydrogen) atoms. The van der Waals surface area contributed by atoms with Crippen LogP contribution in [0.2, 0.25) is 0 Å². The van der Waals surface area contributed by atoms with Crippen LogP contribution < -0.4 is 10.0 Å². The number of carbonyl (C=O) groups is 1. The summed E-state index contributed by atoms with van der Waals surface area (Å²) in [6.45, 7) is 3.89. The van der Waals surface area contributed by atoms with Crippen molar-refractivity contribution in [3.05, 3.63) is 41.2 Å². The van der Waals surface area contributed by atoms with Crippen molar-refractivity contribution in [2.24, 2.45) is 5.92 Å². The maximum Gasteiger partial charge on any atom is 0.404 e. The lowest BCUT2D eigenvalue weighted by molar-refractivity contribution is -0.147. The van der Waals surface area contributed by atoms with Gasteiger partial charge in [-0.3, -0.25) is 4.79 Å². The molecule has 1 aliphatic rings. The fourth-order valence-corrected chi connectivity index (χ4v) is 6.46. The van der Waals surface area contributed by atoms with E-state index in [1.807, 2.05) is 0 Å². The van der Waals surface area contributed by atoms with Crippen molar-refractivity contribution in [2.75, 3.05) is 6.54 Å². The summed E-state index contributed by atoms with van der Waals surface area (Å²) in [6.07, 6.45) is 0.371. The van der Waals surface area contributed by atoms with Crippen molar-refractivity contribution in [2.45, 2.75) is 69.3 Å². The molecule has 1 amide bonds. The second-order valence-corrected chi connectivity index (χ2v) is 12.8. The number of hydrogen-bond acceptors (Lipinski definition) is 7. The van der Waals surface area contributed by atoms with Crippen LogP contribution in [-0.4, -0.2) is 53.8 Å². The lowest BCUT2D eigenvalue weighted by Crippen LogP contribution is -2.43. The van der Waals surface area contributed by atoms with Crippen LogP contribution in [0.4, 0.5) is 13.2 Å². The zero-order chi connectivity index (χ0) is 27.9. The fourth-order valence-electron chi connectivity index (χ4n) is 4.06. The monoisotopic (exact) mass is 570 g/mol. The van der Waals surface area contributed by atoms with Crippen LogP contribution >= 0.6 is 11.3 Å². The van der Waals surface area contributed by atoms with Crippen molar-refractivity contribution in [3.8, 4) is 10.4 Å². The molecular formula is C25H29F3N4O4S2. The third-order valence-electron chi connectivity index (χ3n) is 6.36. The Morgan fingerprint density at radius 2 is 1.87 bits per heavy atom. The fraction of sp³-hybridized carbons (Fsp3) is 0.480. The van der Waals surface area contributed by atoms with Crippen molar-refractivity contribution in [1.82, 2.24) is 20.0 Å². The highest BCUT2D eigenvalue weighted by Crippen LogP contribution is 2.40. The van der Waals surface area contributed by atoms with Crippen molar-refractivity contribution in [1.29, 1.82) is 0 Å². The van der Waals surface area contributed by atoms with Crippen LogP contribution in [0.1, 0.15) is 55.5 Å². The number of sulfonamides is 1. The predicted molar refractivity (Wildman–Crippen MR) is 138 cm³/mol. The van der Waals surface area contributed by atoms with E-state index in [-0.39, 0.29) is 16.9 Å². The quantitative estimate of drug-likeness (QED) is 0.350. The first kappa shape index (κ1) is 28.4. The summed E-state index contributed by atoms with van der Waals surface area (Å²) in [6, 6.07) is 4.13. The molecule has 1 aromatic carbocycles. The van der Waals surface area contributed by atoms with E-state index in [9.17, 15) is 31.5 Å². The van der Waals surface area contributed by atoms with Gasteiger partial charge >= 0.3 is 6.18 Å². The smallest absolute Gasteiger partial charge is 0.389 e. The summed E-state index contributed by atoms with van der Waals surface area (Å²) in [5.41, 5.74) is 0.111. The second-order valence-electron chi connectivity index (χ2n) is 10.2. The Morgan fingerprint density at radius 3 is 2.45 bits per heavy atom. The second kappa shape index (κ2) is 10.5. The van der Waals surface area contributed by atoms with Crippen LogP contribution in [0.3, 0.4) is 0 Å². The summed E-state index contributed by atoms with van der Waals surface area (Å²) in [7, 11) is -4.60. The molecule has 8 nitrogen and oxygen atoms in total. The van der Waals surface area contributed by atoms with Gasteiger partial charge in [-0.15, -0.1) is 11.3 Å². The molecule has 0 unspecified atom stereocenters. The van der Waals surface area contributed by atoms with Gasteiger partial charge in [0, 0.05) is 23.7 Å². The van der Waals surface area contributed by atoms with Gasteiger partial charge in [0.2, 0.25) is 0 Å². The Morgan fingerprint density at radius 1 is 1.21 bits per heavy atom. The van der Waals surface area contributed by atoms with E-state index in [0.717, 1.165) is 37.5 Å². The van der Waals surface area contributed by atoms with Crippen LogP contribution in [0.25, 0.3) is 21.2 Å². The van der Waals surface area contributed by atoms with E-state index in [1.165, 1.54) is 12.3 Å². The molecule has 4 rings (SSSR count). The number of carbonyl (C=O) groups excluding carboxylic acids is 1. The molecule has 1 saturated carbocycles. The zero-order valence-corrected chi connectivity index (χ0v) is 22.7. The highest BCUT2D eigenvalue weighted by Gasteiger charge is 2.39. The number of amides is 1. The molecule has 206 valence electrons. The largest absolute Gasteiger partial charge is 0.404 e. The van der Waals surface area contributed by atoms with Gasteiger partial charge in [-0.1, -0.05) is 43.5 Å². The zero-order valence-electron chi connectivity index (χ0n) is 21.1. The number of benzene rings is 1. The first-order chi connectivity index (χ1) is 17.7. The number of fused-ring (bicyclic) bond motifs is 1. The van der Waals surface area contributed by atoms with Crippen molar-refractivity contribution >= 4 is 38.0 Å². The number of rotatable bonds is 9. The molecule has 0 bridgehead atoms. The van der Waals surface area contributed by atoms with Gasteiger partial charge in [0.05, 0.1) is 16.2 Å². The molecule has 0 aliphatic heterocycles. The number of thiazole rings is 1. The maximum atomic E-state index is 13.1. The van der Waals surface area contributed by atoms with E-state index >= 15 is 0 Å². The van der Waals surface area contributed by atoms with Crippen molar-refractivity contribution < 1.29 is 31.5 Å². The average molecular weight is 571 g/mol. The molecule has 0 radical (unpaired) electrons. The predicted octanol–water partition coefficient (Wildman–Crippen LogP) is 4.43. The molecule has 1 fully saturated rings. The van der Waals surface area contributed by atoms with Gasteiger partial charge in [-0.05, 0) is 38.5 Å². The lowest BCUT2D eigenvalue weighted by atomic mass is 9.82. The SMILES string of the molecule is C[C@H](NS(=O)(=O)c1ncc(-c2sc(C(=O)NCC(C)(C)O)nc2CC2CCC2)c2ccccc12)C(F)(F)F. The molecule has 1 atom stereocenters. The first-order valence-corrected chi connectivity index (χ1v) is 14.4. The Balaban J connectivity index is 1.78. The molecule has 3 N–H and O–H groups in total. The summed E-state index contributed by atoms with van der Waals surface area (Å²) < 4.78 is 66.7. The Bertz CT molecular complexity index is 1450. The minimum Gasteiger partial charge on any atom is -0.389 e. The number of aromatic nitrogens is 2. The van der Waals surface area contributed by atoms with E-state index in [2.05, 4.69) is 15.3 Å². The number of alkyl halides is 3. The number of halogens is 3. The summed E-state index contributed by atoms with van der Waals surface area (Å²) in [4.78, 5) is 22.2. The topological polar surface area (TPSA) is 121 Å². The first-order valence-electron chi connectivity index (χ1n) is 12.1. The Hall–Kier alpha value is -2.61. The standard InChI is InChI=1S/C25H29F3N4O4S2/c1-14(25(26,27)28)32-38(35,36)23-17-10-5-4-9-16(17)18(12-29-23)20-19(11-15-7-6-8-15)31-22(37-20)21(33)30-13-24(2,3)34/h4-5,9-10,12,14-15,32,34H,6-8,11,13H2,1-3H3,(H,30,33)/t14-/m0/s1. The van der Waals surface area contributed by atoms with Crippen LogP contribution in [0.5, 0.6) is 0 Å².